The van der Waals surface area contributed by atoms with Gasteiger partial charge < -0.3 is 18.8 Å². The zero-order valence-electron chi connectivity index (χ0n) is 21.3. The SMILES string of the molecule is CC1(C)OB(c2cncc(C(=O)C3CC4COCC(C3)N4C(=O)OCc3ccccc3)c2)OC1(C)C. The van der Waals surface area contributed by atoms with E-state index in [1.807, 2.05) is 64.1 Å². The van der Waals surface area contributed by atoms with Crippen molar-refractivity contribution in [1.29, 1.82) is 0 Å². The number of ketones is 1. The van der Waals surface area contributed by atoms with Gasteiger partial charge in [-0.05, 0) is 52.2 Å². The summed E-state index contributed by atoms with van der Waals surface area (Å²) in [6, 6.07) is 11.0. The first-order valence-corrected chi connectivity index (χ1v) is 12.6. The van der Waals surface area contributed by atoms with Crippen LogP contribution in [0.4, 0.5) is 4.79 Å². The van der Waals surface area contributed by atoms with E-state index in [1.54, 1.807) is 17.3 Å². The highest BCUT2D eigenvalue weighted by Crippen LogP contribution is 2.37. The summed E-state index contributed by atoms with van der Waals surface area (Å²) in [5.41, 5.74) is 1.25. The molecular weight excluding hydrogens is 459 g/mol. The zero-order chi connectivity index (χ0) is 25.5. The first kappa shape index (κ1) is 24.9. The Morgan fingerprint density at radius 1 is 1.03 bits per heavy atom. The van der Waals surface area contributed by atoms with Crippen LogP contribution in [0.5, 0.6) is 0 Å². The van der Waals surface area contributed by atoms with E-state index in [2.05, 4.69) is 4.98 Å². The second-order valence-electron chi connectivity index (χ2n) is 10.9. The number of nitrogens with zero attached hydrogens (tertiary/aromatic N) is 2. The topological polar surface area (TPSA) is 87.2 Å². The summed E-state index contributed by atoms with van der Waals surface area (Å²) in [7, 11) is -0.579. The molecule has 1 aromatic heterocycles. The van der Waals surface area contributed by atoms with Crippen molar-refractivity contribution in [3.63, 3.8) is 0 Å². The number of fused-ring (bicyclic) bond motifs is 2. The Morgan fingerprint density at radius 2 is 1.67 bits per heavy atom. The predicted octanol–water partition coefficient (Wildman–Crippen LogP) is 3.38. The van der Waals surface area contributed by atoms with Crippen LogP contribution in [0.15, 0.2) is 48.8 Å². The number of benzene rings is 1. The summed E-state index contributed by atoms with van der Waals surface area (Å²) in [4.78, 5) is 32.6. The van der Waals surface area contributed by atoms with Crippen LogP contribution in [0.25, 0.3) is 0 Å². The fourth-order valence-corrected chi connectivity index (χ4v) is 5.16. The summed E-state index contributed by atoms with van der Waals surface area (Å²) >= 11 is 0. The van der Waals surface area contributed by atoms with Gasteiger partial charge in [-0.25, -0.2) is 4.79 Å². The number of piperidine rings is 1. The average Bonchev–Trinajstić information content (AvgIpc) is 3.08. The molecule has 0 radical (unpaired) electrons. The summed E-state index contributed by atoms with van der Waals surface area (Å²) in [5.74, 6) is -0.201. The van der Waals surface area contributed by atoms with Gasteiger partial charge in [-0.1, -0.05) is 30.3 Å². The molecule has 0 saturated carbocycles. The number of aromatic nitrogens is 1. The van der Waals surface area contributed by atoms with Crippen molar-refractivity contribution >= 4 is 24.5 Å². The van der Waals surface area contributed by atoms with Gasteiger partial charge in [0.1, 0.15) is 6.61 Å². The summed E-state index contributed by atoms with van der Waals surface area (Å²) < 4.78 is 23.6. The van der Waals surface area contributed by atoms with E-state index in [0.29, 0.717) is 31.6 Å². The van der Waals surface area contributed by atoms with Gasteiger partial charge in [0.05, 0.1) is 36.5 Å². The third-order valence-corrected chi connectivity index (χ3v) is 7.88. The molecule has 9 heteroatoms. The molecule has 0 aliphatic carbocycles. The number of amides is 1. The fourth-order valence-electron chi connectivity index (χ4n) is 5.16. The molecule has 5 rings (SSSR count). The van der Waals surface area contributed by atoms with E-state index in [9.17, 15) is 9.59 Å². The average molecular weight is 492 g/mol. The highest BCUT2D eigenvalue weighted by Gasteiger charge is 2.52. The van der Waals surface area contributed by atoms with Crippen LogP contribution in [0, 0.1) is 5.92 Å². The molecule has 3 saturated heterocycles. The van der Waals surface area contributed by atoms with Gasteiger partial charge in [-0.3, -0.25) is 14.7 Å². The van der Waals surface area contributed by atoms with Gasteiger partial charge in [0.2, 0.25) is 0 Å². The molecule has 2 atom stereocenters. The van der Waals surface area contributed by atoms with E-state index >= 15 is 0 Å². The Morgan fingerprint density at radius 3 is 2.31 bits per heavy atom. The second kappa shape index (κ2) is 9.61. The Hall–Kier alpha value is -2.75. The van der Waals surface area contributed by atoms with Crippen molar-refractivity contribution < 1.29 is 28.4 Å². The normalized spacial score (nSPS) is 26.5. The molecule has 2 bridgehead atoms. The third kappa shape index (κ3) is 4.79. The molecule has 2 aromatic rings. The monoisotopic (exact) mass is 492 g/mol. The van der Waals surface area contributed by atoms with Crippen molar-refractivity contribution in [1.82, 2.24) is 9.88 Å². The van der Waals surface area contributed by atoms with Gasteiger partial charge in [0.25, 0.3) is 0 Å². The Balaban J connectivity index is 1.26. The number of rotatable bonds is 5. The molecule has 36 heavy (non-hydrogen) atoms. The number of pyridine rings is 1. The number of hydrogen-bond donors (Lipinski definition) is 0. The van der Waals surface area contributed by atoms with Crippen molar-refractivity contribution in [2.45, 2.75) is 70.4 Å². The van der Waals surface area contributed by atoms with Crippen LogP contribution in [0.3, 0.4) is 0 Å². The van der Waals surface area contributed by atoms with Crippen LogP contribution in [-0.4, -0.2) is 65.4 Å². The van der Waals surface area contributed by atoms with E-state index in [1.165, 1.54) is 0 Å². The van der Waals surface area contributed by atoms with Gasteiger partial charge in [-0.15, -0.1) is 0 Å². The molecule has 1 amide bonds. The van der Waals surface area contributed by atoms with E-state index < -0.39 is 18.3 Å². The van der Waals surface area contributed by atoms with E-state index in [0.717, 1.165) is 11.0 Å². The van der Waals surface area contributed by atoms with Crippen molar-refractivity contribution in [2.75, 3.05) is 13.2 Å². The van der Waals surface area contributed by atoms with E-state index in [-0.39, 0.29) is 36.5 Å². The lowest BCUT2D eigenvalue weighted by atomic mass is 9.77. The van der Waals surface area contributed by atoms with Crippen LogP contribution in [0.1, 0.15) is 56.5 Å². The van der Waals surface area contributed by atoms with Crippen molar-refractivity contribution in [2.24, 2.45) is 5.92 Å². The lowest BCUT2D eigenvalue weighted by Crippen LogP contribution is -2.60. The van der Waals surface area contributed by atoms with E-state index in [4.69, 9.17) is 18.8 Å². The van der Waals surface area contributed by atoms with Gasteiger partial charge in [0.15, 0.2) is 5.78 Å². The van der Waals surface area contributed by atoms with Gasteiger partial charge in [-0.2, -0.15) is 0 Å². The Bertz CT molecular complexity index is 1090. The second-order valence-corrected chi connectivity index (χ2v) is 10.9. The molecule has 2 unspecified atom stereocenters. The molecule has 8 nitrogen and oxygen atoms in total. The molecule has 4 heterocycles. The maximum absolute atomic E-state index is 13.5. The molecule has 0 N–H and O–H groups in total. The highest BCUT2D eigenvalue weighted by atomic mass is 16.7. The lowest BCUT2D eigenvalue weighted by Gasteiger charge is -2.47. The maximum atomic E-state index is 13.5. The van der Waals surface area contributed by atoms with Crippen molar-refractivity contribution in [3.05, 3.63) is 59.9 Å². The molecular formula is C27H33BN2O6. The summed E-state index contributed by atoms with van der Waals surface area (Å²) in [6.07, 6.45) is 3.98. The predicted molar refractivity (Wildman–Crippen MR) is 134 cm³/mol. The molecule has 0 spiro atoms. The minimum Gasteiger partial charge on any atom is -0.445 e. The minimum atomic E-state index is -0.579. The number of carbonyl (C=O) groups excluding carboxylic acids is 2. The Kier molecular flexibility index (Phi) is 6.66. The number of morpholine rings is 1. The fraction of sp³-hybridized carbons (Fsp3) is 0.519. The van der Waals surface area contributed by atoms with Crippen LogP contribution >= 0.6 is 0 Å². The summed E-state index contributed by atoms with van der Waals surface area (Å²) in [5, 5.41) is 0. The lowest BCUT2D eigenvalue weighted by molar-refractivity contribution is -0.0755. The maximum Gasteiger partial charge on any atom is 0.496 e. The van der Waals surface area contributed by atoms with Gasteiger partial charge in [0, 0.05) is 29.3 Å². The molecule has 3 fully saturated rings. The summed E-state index contributed by atoms with van der Waals surface area (Å²) in [6.45, 7) is 8.99. The molecule has 3 aliphatic heterocycles. The first-order valence-electron chi connectivity index (χ1n) is 12.6. The molecule has 1 aromatic carbocycles. The third-order valence-electron chi connectivity index (χ3n) is 7.88. The standard InChI is InChI=1S/C27H33BN2O6/c1-26(2)27(3,4)36-28(35-26)21-10-20(13-29-14-21)24(31)19-11-22-16-33-17-23(12-19)30(22)25(32)34-15-18-8-6-5-7-9-18/h5-10,13-14,19,22-23H,11-12,15-17H2,1-4H3. The quantitative estimate of drug-likeness (QED) is 0.467. The zero-order valence-corrected chi connectivity index (χ0v) is 21.3. The molecule has 3 aliphatic rings. The number of Topliss-reactive ketones (excluding diaryl/α,β-unsaturated/α-hetero) is 1. The minimum absolute atomic E-state index is 0.0232. The Labute approximate surface area is 212 Å². The van der Waals surface area contributed by atoms with Crippen LogP contribution in [0.2, 0.25) is 0 Å². The number of ether oxygens (including phenoxy) is 2. The van der Waals surface area contributed by atoms with Crippen LogP contribution < -0.4 is 5.46 Å². The largest absolute Gasteiger partial charge is 0.496 e. The first-order chi connectivity index (χ1) is 17.1. The molecule has 190 valence electrons. The van der Waals surface area contributed by atoms with Crippen molar-refractivity contribution in [3.8, 4) is 0 Å². The van der Waals surface area contributed by atoms with Crippen LogP contribution in [-0.2, 0) is 25.4 Å². The smallest absolute Gasteiger partial charge is 0.445 e. The number of hydrogen-bond acceptors (Lipinski definition) is 7. The number of carbonyl (C=O) groups is 2. The van der Waals surface area contributed by atoms with Gasteiger partial charge >= 0.3 is 13.2 Å². The highest BCUT2D eigenvalue weighted by molar-refractivity contribution is 6.62.